The lowest BCUT2D eigenvalue weighted by molar-refractivity contribution is -0.146. The Morgan fingerprint density at radius 2 is 2.10 bits per heavy atom. The van der Waals surface area contributed by atoms with Gasteiger partial charge in [-0.3, -0.25) is 9.59 Å². The largest absolute Gasteiger partial charge is 0.481 e. The van der Waals surface area contributed by atoms with E-state index in [1.807, 2.05) is 10.8 Å². The zero-order chi connectivity index (χ0) is 14.4. The van der Waals surface area contributed by atoms with Crippen molar-refractivity contribution in [2.24, 2.45) is 11.8 Å². The summed E-state index contributed by atoms with van der Waals surface area (Å²) in [5.41, 5.74) is 0. The number of aryl methyl sites for hydroxylation is 1. The molecule has 2 rings (SSSR count). The molecular formula is C14H21N3O3. The Morgan fingerprint density at radius 3 is 2.80 bits per heavy atom. The van der Waals surface area contributed by atoms with Crippen LogP contribution in [0.15, 0.2) is 18.7 Å². The fraction of sp³-hybridized carbons (Fsp3) is 0.643. The van der Waals surface area contributed by atoms with Gasteiger partial charge in [-0.05, 0) is 25.7 Å². The summed E-state index contributed by atoms with van der Waals surface area (Å²) in [5.74, 6) is -1.79. The van der Waals surface area contributed by atoms with Crippen LogP contribution in [0.25, 0.3) is 0 Å². The van der Waals surface area contributed by atoms with Gasteiger partial charge in [-0.1, -0.05) is 6.42 Å². The lowest BCUT2D eigenvalue weighted by Crippen LogP contribution is -2.35. The molecule has 1 saturated carbocycles. The second-order valence-electron chi connectivity index (χ2n) is 5.28. The van der Waals surface area contributed by atoms with Gasteiger partial charge >= 0.3 is 5.97 Å². The third kappa shape index (κ3) is 3.82. The molecule has 0 aliphatic heterocycles. The van der Waals surface area contributed by atoms with E-state index in [2.05, 4.69) is 10.3 Å². The molecule has 20 heavy (non-hydrogen) atoms. The molecular weight excluding hydrogens is 258 g/mol. The molecule has 1 aromatic rings. The maximum atomic E-state index is 12.0. The summed E-state index contributed by atoms with van der Waals surface area (Å²) in [6.45, 7) is 1.49. The Kier molecular flexibility index (Phi) is 5.15. The van der Waals surface area contributed by atoms with Crippen LogP contribution in [0.2, 0.25) is 0 Å². The molecule has 1 aliphatic carbocycles. The van der Waals surface area contributed by atoms with E-state index in [-0.39, 0.29) is 11.8 Å². The highest BCUT2D eigenvalue weighted by Gasteiger charge is 2.37. The van der Waals surface area contributed by atoms with Crippen molar-refractivity contribution < 1.29 is 14.7 Å². The number of carboxylic acid groups (broad SMARTS) is 1. The number of nitrogens with one attached hydrogen (secondary N) is 1. The van der Waals surface area contributed by atoms with Crippen molar-refractivity contribution in [2.45, 2.75) is 38.6 Å². The molecule has 1 amide bonds. The average Bonchev–Trinajstić information content (AvgIpc) is 3.09. The van der Waals surface area contributed by atoms with Crippen molar-refractivity contribution in [3.63, 3.8) is 0 Å². The standard InChI is InChI=1S/C14H21N3O3/c18-13(11-4-3-5-12(11)14(19)20)16-6-1-2-8-17-9-7-15-10-17/h7,9-12H,1-6,8H2,(H,16,18)(H,19,20)/t11-,12+/m1/s1. The molecule has 0 radical (unpaired) electrons. The minimum absolute atomic E-state index is 0.0995. The van der Waals surface area contributed by atoms with Crippen LogP contribution >= 0.6 is 0 Å². The number of carbonyl (C=O) groups is 2. The molecule has 2 atom stereocenters. The first-order chi connectivity index (χ1) is 9.68. The molecule has 1 aromatic heterocycles. The third-order valence-electron chi connectivity index (χ3n) is 3.87. The van der Waals surface area contributed by atoms with Crippen molar-refractivity contribution in [1.29, 1.82) is 0 Å². The normalized spacial score (nSPS) is 21.8. The van der Waals surface area contributed by atoms with Crippen molar-refractivity contribution >= 4 is 11.9 Å². The lowest BCUT2D eigenvalue weighted by Gasteiger charge is -2.15. The predicted molar refractivity (Wildman–Crippen MR) is 72.9 cm³/mol. The number of amides is 1. The molecule has 1 fully saturated rings. The number of imidazole rings is 1. The van der Waals surface area contributed by atoms with Gasteiger partial charge < -0.3 is 15.0 Å². The van der Waals surface area contributed by atoms with Crippen LogP contribution in [0.4, 0.5) is 0 Å². The number of hydrogen-bond donors (Lipinski definition) is 2. The topological polar surface area (TPSA) is 84.2 Å². The third-order valence-corrected chi connectivity index (χ3v) is 3.87. The minimum atomic E-state index is -0.845. The minimum Gasteiger partial charge on any atom is -0.481 e. The second kappa shape index (κ2) is 7.07. The molecule has 0 unspecified atom stereocenters. The number of nitrogens with zero attached hydrogens (tertiary/aromatic N) is 2. The quantitative estimate of drug-likeness (QED) is 0.736. The molecule has 0 bridgehead atoms. The van der Waals surface area contributed by atoms with Crippen molar-refractivity contribution in [2.75, 3.05) is 6.54 Å². The monoisotopic (exact) mass is 279 g/mol. The summed E-state index contributed by atoms with van der Waals surface area (Å²) >= 11 is 0. The lowest BCUT2D eigenvalue weighted by atomic mass is 9.95. The van der Waals surface area contributed by atoms with Crippen LogP contribution in [-0.2, 0) is 16.1 Å². The van der Waals surface area contributed by atoms with Crippen LogP contribution in [0.3, 0.4) is 0 Å². The van der Waals surface area contributed by atoms with Gasteiger partial charge in [-0.2, -0.15) is 0 Å². The number of hydrogen-bond acceptors (Lipinski definition) is 3. The number of rotatable bonds is 7. The van der Waals surface area contributed by atoms with Gasteiger partial charge in [0.25, 0.3) is 0 Å². The number of aliphatic carboxylic acids is 1. The maximum Gasteiger partial charge on any atom is 0.307 e. The number of unbranched alkanes of at least 4 members (excludes halogenated alkanes) is 1. The molecule has 0 saturated heterocycles. The van der Waals surface area contributed by atoms with E-state index in [0.717, 1.165) is 25.8 Å². The predicted octanol–water partition coefficient (Wildman–Crippen LogP) is 1.28. The van der Waals surface area contributed by atoms with E-state index in [1.165, 1.54) is 0 Å². The highest BCUT2D eigenvalue weighted by Crippen LogP contribution is 2.31. The van der Waals surface area contributed by atoms with Gasteiger partial charge in [0.2, 0.25) is 5.91 Å². The summed E-state index contributed by atoms with van der Waals surface area (Å²) in [6, 6.07) is 0. The molecule has 1 heterocycles. The Bertz CT molecular complexity index is 445. The fourth-order valence-corrected chi connectivity index (χ4v) is 2.75. The first-order valence-corrected chi connectivity index (χ1v) is 7.14. The number of carboxylic acids is 1. The summed E-state index contributed by atoms with van der Waals surface area (Å²) in [5, 5.41) is 11.9. The molecule has 6 nitrogen and oxygen atoms in total. The summed E-state index contributed by atoms with van der Waals surface area (Å²) in [4.78, 5) is 27.0. The van der Waals surface area contributed by atoms with Gasteiger partial charge in [0.05, 0.1) is 18.2 Å². The fourth-order valence-electron chi connectivity index (χ4n) is 2.75. The SMILES string of the molecule is O=C(O)[C@H]1CCC[C@H]1C(=O)NCCCCn1ccnc1. The molecule has 0 aromatic carbocycles. The Balaban J connectivity index is 1.63. The zero-order valence-electron chi connectivity index (χ0n) is 11.5. The van der Waals surface area contributed by atoms with Crippen LogP contribution < -0.4 is 5.32 Å². The number of aromatic nitrogens is 2. The molecule has 2 N–H and O–H groups in total. The summed E-state index contributed by atoms with van der Waals surface area (Å²) in [7, 11) is 0. The molecule has 1 aliphatic rings. The first-order valence-electron chi connectivity index (χ1n) is 7.14. The van der Waals surface area contributed by atoms with Crippen LogP contribution in [0.5, 0.6) is 0 Å². The first kappa shape index (κ1) is 14.6. The van der Waals surface area contributed by atoms with E-state index < -0.39 is 11.9 Å². The smallest absolute Gasteiger partial charge is 0.307 e. The Labute approximate surface area is 118 Å². The second-order valence-corrected chi connectivity index (χ2v) is 5.28. The summed E-state index contributed by atoms with van der Waals surface area (Å²) < 4.78 is 2.00. The van der Waals surface area contributed by atoms with Crippen molar-refractivity contribution in [3.05, 3.63) is 18.7 Å². The summed E-state index contributed by atoms with van der Waals surface area (Å²) in [6.07, 6.45) is 9.41. The Hall–Kier alpha value is -1.85. The highest BCUT2D eigenvalue weighted by molar-refractivity contribution is 5.85. The van der Waals surface area contributed by atoms with Gasteiger partial charge in [0.1, 0.15) is 0 Å². The van der Waals surface area contributed by atoms with Crippen molar-refractivity contribution in [1.82, 2.24) is 14.9 Å². The molecule has 6 heteroatoms. The van der Waals surface area contributed by atoms with Crippen LogP contribution in [-0.4, -0.2) is 33.1 Å². The van der Waals surface area contributed by atoms with Crippen molar-refractivity contribution in [3.8, 4) is 0 Å². The molecule has 0 spiro atoms. The van der Waals surface area contributed by atoms with E-state index in [9.17, 15) is 9.59 Å². The van der Waals surface area contributed by atoms with Crippen LogP contribution in [0, 0.1) is 11.8 Å². The molecule has 110 valence electrons. The van der Waals surface area contributed by atoms with E-state index in [0.29, 0.717) is 19.4 Å². The average molecular weight is 279 g/mol. The van der Waals surface area contributed by atoms with Gasteiger partial charge in [-0.25, -0.2) is 4.98 Å². The zero-order valence-corrected chi connectivity index (χ0v) is 11.5. The Morgan fingerprint density at radius 1 is 1.30 bits per heavy atom. The van der Waals surface area contributed by atoms with Gasteiger partial charge in [0, 0.05) is 25.5 Å². The van der Waals surface area contributed by atoms with E-state index in [1.54, 1.807) is 12.5 Å². The highest BCUT2D eigenvalue weighted by atomic mass is 16.4. The van der Waals surface area contributed by atoms with Gasteiger partial charge in [-0.15, -0.1) is 0 Å². The number of carbonyl (C=O) groups excluding carboxylic acids is 1. The van der Waals surface area contributed by atoms with Crippen LogP contribution in [0.1, 0.15) is 32.1 Å². The van der Waals surface area contributed by atoms with E-state index in [4.69, 9.17) is 5.11 Å². The van der Waals surface area contributed by atoms with Gasteiger partial charge in [0.15, 0.2) is 0 Å². The van der Waals surface area contributed by atoms with E-state index >= 15 is 0 Å². The maximum absolute atomic E-state index is 12.0.